The van der Waals surface area contributed by atoms with Crippen LogP contribution in [0.15, 0.2) is 34.9 Å². The van der Waals surface area contributed by atoms with Gasteiger partial charge in [0.1, 0.15) is 23.5 Å². The van der Waals surface area contributed by atoms with Crippen LogP contribution in [0.25, 0.3) is 0 Å². The van der Waals surface area contributed by atoms with Crippen molar-refractivity contribution in [2.45, 2.75) is 6.54 Å². The summed E-state index contributed by atoms with van der Waals surface area (Å²) in [5.41, 5.74) is 0.861. The maximum Gasteiger partial charge on any atom is 0.338 e. The van der Waals surface area contributed by atoms with Gasteiger partial charge in [-0.15, -0.1) is 0 Å². The van der Waals surface area contributed by atoms with Crippen LogP contribution in [0.1, 0.15) is 16.1 Å². The van der Waals surface area contributed by atoms with Crippen molar-refractivity contribution >= 4 is 11.7 Å². The highest BCUT2D eigenvalue weighted by molar-refractivity contribution is 5.87. The summed E-state index contributed by atoms with van der Waals surface area (Å²) in [5.74, 6) is 0.862. The Balaban J connectivity index is 2.10. The molecule has 0 atom stereocenters. The quantitative estimate of drug-likeness (QED) is 0.844. The normalized spacial score (nSPS) is 10.1. The fraction of sp³-hybridized carbons (Fsp3) is 0.214. The van der Waals surface area contributed by atoms with Gasteiger partial charge in [0.15, 0.2) is 0 Å². The summed E-state index contributed by atoms with van der Waals surface area (Å²) in [5, 5.41) is 11.9. The zero-order valence-electron chi connectivity index (χ0n) is 11.2. The first-order valence-electron chi connectivity index (χ1n) is 5.90. The molecule has 106 valence electrons. The zero-order valence-corrected chi connectivity index (χ0v) is 11.2. The van der Waals surface area contributed by atoms with Crippen molar-refractivity contribution in [1.82, 2.24) is 0 Å². The Morgan fingerprint density at radius 1 is 1.30 bits per heavy atom. The predicted molar refractivity (Wildman–Crippen MR) is 72.5 cm³/mol. The van der Waals surface area contributed by atoms with Crippen LogP contribution < -0.4 is 14.8 Å². The lowest BCUT2D eigenvalue weighted by Crippen LogP contribution is -2.01. The first-order valence-corrected chi connectivity index (χ1v) is 5.90. The molecule has 1 aromatic heterocycles. The monoisotopic (exact) mass is 277 g/mol. The van der Waals surface area contributed by atoms with Crippen LogP contribution in [-0.2, 0) is 6.54 Å². The third-order valence-electron chi connectivity index (χ3n) is 2.76. The van der Waals surface area contributed by atoms with Gasteiger partial charge in [-0.1, -0.05) is 0 Å². The molecule has 0 unspecified atom stereocenters. The number of hydrogen-bond acceptors (Lipinski definition) is 5. The number of carbonyl (C=O) groups is 1. The van der Waals surface area contributed by atoms with Crippen molar-refractivity contribution in [2.24, 2.45) is 0 Å². The minimum absolute atomic E-state index is 0.124. The van der Waals surface area contributed by atoms with Crippen molar-refractivity contribution in [3.63, 3.8) is 0 Å². The molecular formula is C14H15NO5. The number of hydrogen-bond donors (Lipinski definition) is 2. The number of ether oxygens (including phenoxy) is 2. The van der Waals surface area contributed by atoms with Gasteiger partial charge in [0, 0.05) is 6.07 Å². The molecule has 2 rings (SSSR count). The second-order valence-electron chi connectivity index (χ2n) is 4.03. The minimum atomic E-state index is -1.01. The molecule has 0 saturated heterocycles. The van der Waals surface area contributed by atoms with Crippen LogP contribution >= 0.6 is 0 Å². The second-order valence-corrected chi connectivity index (χ2v) is 4.03. The average molecular weight is 277 g/mol. The Hall–Kier alpha value is -2.63. The Labute approximate surface area is 115 Å². The molecule has 0 saturated carbocycles. The van der Waals surface area contributed by atoms with Crippen molar-refractivity contribution in [3.8, 4) is 11.5 Å². The predicted octanol–water partition coefficient (Wildman–Crippen LogP) is 2.61. The number of carboxylic acid groups (broad SMARTS) is 1. The summed E-state index contributed by atoms with van der Waals surface area (Å²) in [7, 11) is 3.15. The van der Waals surface area contributed by atoms with Gasteiger partial charge in [0.05, 0.1) is 32.0 Å². The molecule has 0 amide bonds. The van der Waals surface area contributed by atoms with Gasteiger partial charge >= 0.3 is 5.97 Å². The second kappa shape index (κ2) is 6.01. The van der Waals surface area contributed by atoms with Crippen LogP contribution in [0.5, 0.6) is 11.5 Å². The molecule has 0 bridgehead atoms. The molecule has 2 aromatic rings. The van der Waals surface area contributed by atoms with Gasteiger partial charge in [-0.25, -0.2) is 4.79 Å². The summed E-state index contributed by atoms with van der Waals surface area (Å²) < 4.78 is 15.5. The van der Waals surface area contributed by atoms with Crippen LogP contribution in [0.3, 0.4) is 0 Å². The summed E-state index contributed by atoms with van der Waals surface area (Å²) in [4.78, 5) is 10.8. The first-order chi connectivity index (χ1) is 9.63. The lowest BCUT2D eigenvalue weighted by atomic mass is 10.2. The van der Waals surface area contributed by atoms with E-state index >= 15 is 0 Å². The summed E-state index contributed by atoms with van der Waals surface area (Å²) in [6.07, 6.45) is 1.21. The minimum Gasteiger partial charge on any atom is -0.497 e. The highest BCUT2D eigenvalue weighted by Gasteiger charge is 2.09. The van der Waals surface area contributed by atoms with E-state index in [1.165, 1.54) is 12.3 Å². The first kappa shape index (κ1) is 13.8. The summed E-state index contributed by atoms with van der Waals surface area (Å²) in [6.45, 7) is 0.344. The van der Waals surface area contributed by atoms with Crippen molar-refractivity contribution in [3.05, 3.63) is 41.9 Å². The van der Waals surface area contributed by atoms with Gasteiger partial charge in [0.25, 0.3) is 0 Å². The Morgan fingerprint density at radius 2 is 2.10 bits per heavy atom. The largest absolute Gasteiger partial charge is 0.497 e. The molecule has 0 spiro atoms. The smallest absolute Gasteiger partial charge is 0.338 e. The molecule has 6 heteroatoms. The SMILES string of the molecule is COc1ccc(OC)c(NCc2cc(C(=O)O)co2)c1. The van der Waals surface area contributed by atoms with Crippen molar-refractivity contribution in [2.75, 3.05) is 19.5 Å². The molecule has 0 aliphatic rings. The van der Waals surface area contributed by atoms with Gasteiger partial charge in [0.2, 0.25) is 0 Å². The highest BCUT2D eigenvalue weighted by atomic mass is 16.5. The lowest BCUT2D eigenvalue weighted by Gasteiger charge is -2.11. The fourth-order valence-corrected chi connectivity index (χ4v) is 1.72. The zero-order chi connectivity index (χ0) is 14.5. The molecule has 0 aliphatic carbocycles. The van der Waals surface area contributed by atoms with E-state index < -0.39 is 5.97 Å². The van der Waals surface area contributed by atoms with Gasteiger partial charge in [-0.3, -0.25) is 0 Å². The van der Waals surface area contributed by atoms with E-state index in [1.54, 1.807) is 32.4 Å². The maximum absolute atomic E-state index is 10.8. The van der Waals surface area contributed by atoms with Crippen LogP contribution in [-0.4, -0.2) is 25.3 Å². The molecule has 1 aromatic carbocycles. The topological polar surface area (TPSA) is 80.9 Å². The Morgan fingerprint density at radius 3 is 2.70 bits per heavy atom. The molecule has 0 aliphatic heterocycles. The Bertz CT molecular complexity index is 605. The number of carboxylic acids is 1. The molecule has 20 heavy (non-hydrogen) atoms. The van der Waals surface area contributed by atoms with E-state index in [4.69, 9.17) is 19.0 Å². The molecule has 1 heterocycles. The number of anilines is 1. The lowest BCUT2D eigenvalue weighted by molar-refractivity contribution is 0.0696. The summed E-state index contributed by atoms with van der Waals surface area (Å²) >= 11 is 0. The van der Waals surface area contributed by atoms with Crippen LogP contribution in [0, 0.1) is 0 Å². The third kappa shape index (κ3) is 3.03. The van der Waals surface area contributed by atoms with Crippen LogP contribution in [0.4, 0.5) is 5.69 Å². The maximum atomic E-state index is 10.8. The number of rotatable bonds is 6. The molecule has 6 nitrogen and oxygen atoms in total. The number of aromatic carboxylic acids is 1. The van der Waals surface area contributed by atoms with Crippen molar-refractivity contribution in [1.29, 1.82) is 0 Å². The van der Waals surface area contributed by atoms with Crippen molar-refractivity contribution < 1.29 is 23.8 Å². The number of furan rings is 1. The molecule has 0 radical (unpaired) electrons. The van der Waals surface area contributed by atoms with E-state index in [9.17, 15) is 4.79 Å². The number of methoxy groups -OCH3 is 2. The van der Waals surface area contributed by atoms with Gasteiger partial charge < -0.3 is 24.3 Å². The third-order valence-corrected chi connectivity index (χ3v) is 2.76. The molecule has 0 fully saturated rings. The Kier molecular flexibility index (Phi) is 4.14. The standard InChI is InChI=1S/C14H15NO5/c1-18-10-3-4-13(19-2)12(6-10)15-7-11-5-9(8-20-11)14(16)17/h3-6,8,15H,7H2,1-2H3,(H,16,17). The van der Waals surface area contributed by atoms with E-state index in [0.29, 0.717) is 23.8 Å². The summed E-state index contributed by atoms with van der Waals surface area (Å²) in [6, 6.07) is 6.84. The molecule has 2 N–H and O–H groups in total. The number of benzene rings is 1. The van der Waals surface area contributed by atoms with E-state index in [2.05, 4.69) is 5.32 Å². The number of nitrogens with one attached hydrogen (secondary N) is 1. The van der Waals surface area contributed by atoms with Crippen LogP contribution in [0.2, 0.25) is 0 Å². The van der Waals surface area contributed by atoms with E-state index in [1.807, 2.05) is 0 Å². The van der Waals surface area contributed by atoms with E-state index in [-0.39, 0.29) is 5.56 Å². The van der Waals surface area contributed by atoms with Gasteiger partial charge in [-0.2, -0.15) is 0 Å². The molecular weight excluding hydrogens is 262 g/mol. The fourth-order valence-electron chi connectivity index (χ4n) is 1.72. The average Bonchev–Trinajstić information content (AvgIpc) is 2.93. The van der Waals surface area contributed by atoms with E-state index in [0.717, 1.165) is 5.69 Å². The van der Waals surface area contributed by atoms with Gasteiger partial charge in [-0.05, 0) is 18.2 Å². The highest BCUT2D eigenvalue weighted by Crippen LogP contribution is 2.29.